The van der Waals surface area contributed by atoms with Gasteiger partial charge in [0.1, 0.15) is 0 Å². The van der Waals surface area contributed by atoms with Crippen LogP contribution in [0.3, 0.4) is 0 Å². The van der Waals surface area contributed by atoms with E-state index < -0.39 is 0 Å². The monoisotopic (exact) mass is 380 g/mol. The van der Waals surface area contributed by atoms with Gasteiger partial charge in [-0.25, -0.2) is 4.79 Å². The van der Waals surface area contributed by atoms with Crippen LogP contribution in [0.4, 0.5) is 4.79 Å². The first kappa shape index (κ1) is 19.7. The smallest absolute Gasteiger partial charge is 0.317 e. The van der Waals surface area contributed by atoms with Crippen molar-refractivity contribution in [1.82, 2.24) is 20.9 Å². The van der Waals surface area contributed by atoms with Gasteiger partial charge in [-0.2, -0.15) is 0 Å². The lowest BCUT2D eigenvalue weighted by Crippen LogP contribution is -2.53. The highest BCUT2D eigenvalue weighted by Crippen LogP contribution is 2.35. The van der Waals surface area contributed by atoms with Crippen LogP contribution in [0.1, 0.15) is 77.0 Å². The molecule has 5 nitrogen and oxygen atoms in total. The summed E-state index contributed by atoms with van der Waals surface area (Å²) in [5.41, 5.74) is 0. The minimum absolute atomic E-state index is 0.143. The average molecular weight is 381 g/mol. The number of carbonyl (C=O) groups excluding carboxylic acids is 1. The number of piperidine rings is 1. The SMILES string of the molecule is O=C(NCCCNC(=S)NC1CCCCC1)N1CCCC2CCCCC21. The second kappa shape index (κ2) is 10.3. The molecule has 2 unspecified atom stereocenters. The third kappa shape index (κ3) is 5.73. The fourth-order valence-corrected chi connectivity index (χ4v) is 5.22. The minimum Gasteiger partial charge on any atom is -0.363 e. The molecule has 0 aromatic carbocycles. The van der Waals surface area contributed by atoms with Gasteiger partial charge in [-0.3, -0.25) is 0 Å². The Balaban J connectivity index is 1.28. The van der Waals surface area contributed by atoms with Crippen LogP contribution in [-0.4, -0.2) is 47.8 Å². The molecule has 3 rings (SSSR count). The Morgan fingerprint density at radius 1 is 0.885 bits per heavy atom. The van der Waals surface area contributed by atoms with Crippen molar-refractivity contribution in [3.8, 4) is 0 Å². The van der Waals surface area contributed by atoms with Crippen LogP contribution in [0.15, 0.2) is 0 Å². The number of nitrogens with one attached hydrogen (secondary N) is 3. The summed E-state index contributed by atoms with van der Waals surface area (Å²) in [6.45, 7) is 2.46. The molecule has 26 heavy (non-hydrogen) atoms. The van der Waals surface area contributed by atoms with Crippen molar-refractivity contribution in [1.29, 1.82) is 0 Å². The highest BCUT2D eigenvalue weighted by molar-refractivity contribution is 7.80. The predicted octanol–water partition coefficient (Wildman–Crippen LogP) is 3.54. The Morgan fingerprint density at radius 2 is 1.58 bits per heavy atom. The fraction of sp³-hybridized carbons (Fsp3) is 0.900. The molecule has 1 aliphatic heterocycles. The molecule has 0 bridgehead atoms. The van der Waals surface area contributed by atoms with Crippen molar-refractivity contribution in [2.45, 2.75) is 89.1 Å². The number of rotatable bonds is 5. The highest BCUT2D eigenvalue weighted by Gasteiger charge is 2.35. The summed E-state index contributed by atoms with van der Waals surface area (Å²) < 4.78 is 0. The van der Waals surface area contributed by atoms with Gasteiger partial charge < -0.3 is 20.9 Å². The Hall–Kier alpha value is -1.04. The summed E-state index contributed by atoms with van der Waals surface area (Å²) in [5, 5.41) is 10.6. The van der Waals surface area contributed by atoms with Crippen LogP contribution in [0.5, 0.6) is 0 Å². The molecular formula is C20H36N4OS. The molecule has 2 atom stereocenters. The van der Waals surface area contributed by atoms with Crippen LogP contribution < -0.4 is 16.0 Å². The maximum absolute atomic E-state index is 12.6. The molecule has 1 saturated heterocycles. The Bertz CT molecular complexity index is 465. The van der Waals surface area contributed by atoms with Gasteiger partial charge in [0, 0.05) is 31.7 Å². The Kier molecular flexibility index (Phi) is 7.84. The Labute approximate surface area is 164 Å². The van der Waals surface area contributed by atoms with Gasteiger partial charge in [-0.05, 0) is 63.1 Å². The van der Waals surface area contributed by atoms with Crippen molar-refractivity contribution in [3.63, 3.8) is 0 Å². The maximum Gasteiger partial charge on any atom is 0.317 e. The van der Waals surface area contributed by atoms with Gasteiger partial charge in [-0.1, -0.05) is 32.1 Å². The summed E-state index contributed by atoms with van der Waals surface area (Å²) in [5.74, 6) is 0.744. The first-order chi connectivity index (χ1) is 12.7. The lowest BCUT2D eigenvalue weighted by Gasteiger charge is -2.44. The third-order valence-electron chi connectivity index (χ3n) is 6.36. The van der Waals surface area contributed by atoms with Crippen molar-refractivity contribution in [2.75, 3.05) is 19.6 Å². The summed E-state index contributed by atoms with van der Waals surface area (Å²) in [6, 6.07) is 1.18. The first-order valence-electron chi connectivity index (χ1n) is 10.8. The quantitative estimate of drug-likeness (QED) is 0.504. The first-order valence-corrected chi connectivity index (χ1v) is 11.2. The number of nitrogens with zero attached hydrogens (tertiary/aromatic N) is 1. The standard InChI is InChI=1S/C20H36N4OS/c25-20(24-15-6-9-16-8-4-5-12-18(16)24)22-14-7-13-21-19(26)23-17-10-2-1-3-11-17/h16-18H,1-15H2,(H,22,25)(H2,21,23,26). The molecule has 1 heterocycles. The zero-order valence-electron chi connectivity index (χ0n) is 16.1. The molecule has 3 N–H and O–H groups in total. The van der Waals surface area contributed by atoms with Crippen LogP contribution in [0, 0.1) is 5.92 Å². The largest absolute Gasteiger partial charge is 0.363 e. The number of urea groups is 1. The van der Waals surface area contributed by atoms with Crippen LogP contribution in [0.2, 0.25) is 0 Å². The zero-order chi connectivity index (χ0) is 18.2. The molecule has 3 fully saturated rings. The van der Waals surface area contributed by atoms with E-state index in [1.807, 2.05) is 0 Å². The van der Waals surface area contributed by atoms with E-state index >= 15 is 0 Å². The van der Waals surface area contributed by atoms with Gasteiger partial charge in [0.05, 0.1) is 0 Å². The summed E-state index contributed by atoms with van der Waals surface area (Å²) in [7, 11) is 0. The van der Waals surface area contributed by atoms with Gasteiger partial charge in [0.15, 0.2) is 5.11 Å². The molecule has 2 saturated carbocycles. The van der Waals surface area contributed by atoms with Crippen molar-refractivity contribution < 1.29 is 4.79 Å². The van der Waals surface area contributed by atoms with E-state index in [0.717, 1.165) is 37.0 Å². The topological polar surface area (TPSA) is 56.4 Å². The molecule has 0 spiro atoms. The van der Waals surface area contributed by atoms with Crippen LogP contribution in [0.25, 0.3) is 0 Å². The summed E-state index contributed by atoms with van der Waals surface area (Å²) in [4.78, 5) is 14.7. The van der Waals surface area contributed by atoms with Crippen molar-refractivity contribution >= 4 is 23.4 Å². The van der Waals surface area contributed by atoms with E-state index in [2.05, 4.69) is 20.9 Å². The van der Waals surface area contributed by atoms with E-state index in [1.165, 1.54) is 64.2 Å². The second-order valence-corrected chi connectivity index (χ2v) is 8.68. The lowest BCUT2D eigenvalue weighted by molar-refractivity contribution is 0.0843. The normalized spacial score (nSPS) is 26.7. The molecule has 6 heteroatoms. The fourth-order valence-electron chi connectivity index (χ4n) is 4.95. The molecule has 0 radical (unpaired) electrons. The van der Waals surface area contributed by atoms with E-state index in [-0.39, 0.29) is 6.03 Å². The van der Waals surface area contributed by atoms with Gasteiger partial charge in [-0.15, -0.1) is 0 Å². The second-order valence-electron chi connectivity index (χ2n) is 8.27. The molecule has 0 aromatic heterocycles. The van der Waals surface area contributed by atoms with Crippen molar-refractivity contribution in [2.24, 2.45) is 5.92 Å². The Morgan fingerprint density at radius 3 is 2.42 bits per heavy atom. The molecular weight excluding hydrogens is 344 g/mol. The number of hydrogen-bond donors (Lipinski definition) is 3. The summed E-state index contributed by atoms with van der Waals surface area (Å²) in [6.07, 6.45) is 14.9. The summed E-state index contributed by atoms with van der Waals surface area (Å²) >= 11 is 5.38. The number of carbonyl (C=O) groups is 1. The minimum atomic E-state index is 0.143. The van der Waals surface area contributed by atoms with E-state index in [9.17, 15) is 4.79 Å². The molecule has 0 aromatic rings. The number of thiocarbonyl (C=S) groups is 1. The van der Waals surface area contributed by atoms with E-state index in [0.29, 0.717) is 18.6 Å². The van der Waals surface area contributed by atoms with Crippen molar-refractivity contribution in [3.05, 3.63) is 0 Å². The van der Waals surface area contributed by atoms with Crippen LogP contribution >= 0.6 is 12.2 Å². The third-order valence-corrected chi connectivity index (χ3v) is 6.62. The average Bonchev–Trinajstić information content (AvgIpc) is 2.68. The zero-order valence-corrected chi connectivity index (χ0v) is 16.9. The number of fused-ring (bicyclic) bond motifs is 1. The van der Waals surface area contributed by atoms with Gasteiger partial charge >= 0.3 is 6.03 Å². The highest BCUT2D eigenvalue weighted by atomic mass is 32.1. The maximum atomic E-state index is 12.6. The van der Waals surface area contributed by atoms with E-state index in [4.69, 9.17) is 12.2 Å². The number of hydrogen-bond acceptors (Lipinski definition) is 2. The molecule has 148 valence electrons. The predicted molar refractivity (Wildman–Crippen MR) is 110 cm³/mol. The molecule has 3 aliphatic rings. The van der Waals surface area contributed by atoms with Crippen LogP contribution in [-0.2, 0) is 0 Å². The lowest BCUT2D eigenvalue weighted by atomic mass is 9.78. The molecule has 2 amide bonds. The number of amides is 2. The van der Waals surface area contributed by atoms with Gasteiger partial charge in [0.2, 0.25) is 0 Å². The number of likely N-dealkylation sites (tertiary alicyclic amines) is 1. The molecule has 2 aliphatic carbocycles. The van der Waals surface area contributed by atoms with E-state index in [1.54, 1.807) is 0 Å². The van der Waals surface area contributed by atoms with Gasteiger partial charge in [0.25, 0.3) is 0 Å².